The minimum absolute atomic E-state index is 0.0336. The van der Waals surface area contributed by atoms with Crippen molar-refractivity contribution in [3.8, 4) is 11.1 Å². The van der Waals surface area contributed by atoms with Crippen molar-refractivity contribution in [2.45, 2.75) is 11.5 Å². The molecule has 5 aromatic rings. The molecule has 5 aromatic carbocycles. The van der Waals surface area contributed by atoms with E-state index in [1.165, 1.54) is 17.2 Å². The monoisotopic (exact) mass is 651 g/mol. The van der Waals surface area contributed by atoms with Gasteiger partial charge >= 0.3 is 12.2 Å². The van der Waals surface area contributed by atoms with Crippen molar-refractivity contribution in [1.82, 2.24) is 15.5 Å². The van der Waals surface area contributed by atoms with Gasteiger partial charge in [-0.3, -0.25) is 5.32 Å². The number of amides is 2. The summed E-state index contributed by atoms with van der Waals surface area (Å²) < 4.78 is 11.1. The molecule has 7 heteroatoms. The molecule has 2 N–H and O–H groups in total. The average Bonchev–Trinajstić information content (AvgIpc) is 3.48. The van der Waals surface area contributed by atoms with Gasteiger partial charge in [-0.05, 0) is 38.9 Å². The molecule has 248 valence electrons. The lowest BCUT2D eigenvalue weighted by atomic mass is 9.77. The van der Waals surface area contributed by atoms with Crippen LogP contribution in [0.5, 0.6) is 0 Å². The van der Waals surface area contributed by atoms with E-state index in [1.807, 2.05) is 78.9 Å². The molecule has 0 heterocycles. The average molecular weight is 652 g/mol. The summed E-state index contributed by atoms with van der Waals surface area (Å²) in [5.41, 5.74) is 7.19. The van der Waals surface area contributed by atoms with E-state index < -0.39 is 17.7 Å². The Kier molecular flexibility index (Phi) is 10.8. The van der Waals surface area contributed by atoms with Crippen molar-refractivity contribution < 1.29 is 19.1 Å². The number of hydrogen-bond acceptors (Lipinski definition) is 5. The standard InChI is InChI=1S/C42H41N3O4/c1-2-30-48-41(47)45(28-26-43-40(46)49-31-39-37-24-14-12-22-35(37)36-23-13-15-25-38(36)39)29-27-44-42(32-16-6-3-7-17-32,33-18-8-4-9-19-33)34-20-10-5-11-21-34/h2-25,39,44H,1,26-31H2,(H,43,46). The summed E-state index contributed by atoms with van der Waals surface area (Å²) >= 11 is 0. The number of rotatable bonds is 14. The molecule has 0 atom stereocenters. The van der Waals surface area contributed by atoms with Crippen LogP contribution in [0.25, 0.3) is 11.1 Å². The Morgan fingerprint density at radius 2 is 1.12 bits per heavy atom. The lowest BCUT2D eigenvalue weighted by Gasteiger charge is -2.38. The van der Waals surface area contributed by atoms with Crippen LogP contribution in [0.4, 0.5) is 9.59 Å². The largest absolute Gasteiger partial charge is 0.449 e. The van der Waals surface area contributed by atoms with Gasteiger partial charge in [0.05, 0.1) is 5.54 Å². The first-order valence-corrected chi connectivity index (χ1v) is 16.6. The summed E-state index contributed by atoms with van der Waals surface area (Å²) in [6, 6.07) is 47.3. The highest BCUT2D eigenvalue weighted by molar-refractivity contribution is 5.79. The summed E-state index contributed by atoms with van der Waals surface area (Å²) in [5, 5.41) is 6.64. The van der Waals surface area contributed by atoms with E-state index in [2.05, 4.69) is 77.9 Å². The normalized spacial score (nSPS) is 12.0. The van der Waals surface area contributed by atoms with Crippen LogP contribution < -0.4 is 10.6 Å². The quantitative estimate of drug-likeness (QED) is 0.0949. The molecule has 0 unspecified atom stereocenters. The number of alkyl carbamates (subject to hydrolysis) is 1. The molecule has 1 aliphatic rings. The van der Waals surface area contributed by atoms with Crippen LogP contribution >= 0.6 is 0 Å². The van der Waals surface area contributed by atoms with Crippen LogP contribution in [0.1, 0.15) is 33.7 Å². The molecule has 7 nitrogen and oxygen atoms in total. The zero-order valence-corrected chi connectivity index (χ0v) is 27.5. The van der Waals surface area contributed by atoms with Gasteiger partial charge in [0.2, 0.25) is 0 Å². The fraction of sp³-hybridized carbons (Fsp3) is 0.190. The fourth-order valence-electron chi connectivity index (χ4n) is 6.71. The Hall–Kier alpha value is -5.66. The van der Waals surface area contributed by atoms with Crippen molar-refractivity contribution in [1.29, 1.82) is 0 Å². The molecule has 0 radical (unpaired) electrons. The maximum Gasteiger partial charge on any atom is 0.410 e. The van der Waals surface area contributed by atoms with Gasteiger partial charge in [-0.25, -0.2) is 9.59 Å². The van der Waals surface area contributed by atoms with E-state index >= 15 is 0 Å². The number of fused-ring (bicyclic) bond motifs is 3. The van der Waals surface area contributed by atoms with Gasteiger partial charge in [0.15, 0.2) is 0 Å². The molecule has 2 amide bonds. The Bertz CT molecular complexity index is 1700. The fourth-order valence-corrected chi connectivity index (χ4v) is 6.71. The van der Waals surface area contributed by atoms with E-state index in [9.17, 15) is 9.59 Å². The minimum atomic E-state index is -0.681. The van der Waals surface area contributed by atoms with Crippen molar-refractivity contribution in [3.05, 3.63) is 180 Å². The van der Waals surface area contributed by atoms with E-state index in [0.29, 0.717) is 13.1 Å². The zero-order valence-electron chi connectivity index (χ0n) is 27.5. The van der Waals surface area contributed by atoms with Gasteiger partial charge in [0, 0.05) is 32.1 Å². The van der Waals surface area contributed by atoms with E-state index in [0.717, 1.165) is 27.8 Å². The molecule has 49 heavy (non-hydrogen) atoms. The van der Waals surface area contributed by atoms with Gasteiger partial charge in [-0.2, -0.15) is 0 Å². The van der Waals surface area contributed by atoms with E-state index in [-0.39, 0.29) is 32.2 Å². The number of nitrogens with one attached hydrogen (secondary N) is 2. The SMILES string of the molecule is C=CCOC(=O)N(CCNC(=O)OCC1c2ccccc2-c2ccccc21)CCNC(c1ccccc1)(c1ccccc1)c1ccccc1. The van der Waals surface area contributed by atoms with Gasteiger partial charge in [0.25, 0.3) is 0 Å². The van der Waals surface area contributed by atoms with Gasteiger partial charge in [-0.1, -0.05) is 152 Å². The highest BCUT2D eigenvalue weighted by atomic mass is 16.6. The van der Waals surface area contributed by atoms with E-state index in [1.54, 1.807) is 4.90 Å². The molecule has 0 fully saturated rings. The second kappa shape index (κ2) is 16.0. The lowest BCUT2D eigenvalue weighted by Crippen LogP contribution is -2.49. The summed E-state index contributed by atoms with van der Waals surface area (Å²) in [7, 11) is 0. The highest BCUT2D eigenvalue weighted by Gasteiger charge is 2.36. The summed E-state index contributed by atoms with van der Waals surface area (Å²) in [6.45, 7) is 5.17. The predicted octanol–water partition coefficient (Wildman–Crippen LogP) is 7.73. The first kappa shape index (κ1) is 33.2. The molecule has 0 aromatic heterocycles. The van der Waals surface area contributed by atoms with Crippen molar-refractivity contribution in [2.75, 3.05) is 39.4 Å². The van der Waals surface area contributed by atoms with Gasteiger partial charge in [-0.15, -0.1) is 0 Å². The molecule has 6 rings (SSSR count). The molecule has 0 bridgehead atoms. The molecule has 1 aliphatic carbocycles. The van der Waals surface area contributed by atoms with Crippen molar-refractivity contribution >= 4 is 12.2 Å². The molecule has 0 aliphatic heterocycles. The molecular weight excluding hydrogens is 610 g/mol. The van der Waals surface area contributed by atoms with Crippen LogP contribution in [-0.2, 0) is 15.0 Å². The lowest BCUT2D eigenvalue weighted by molar-refractivity contribution is 0.110. The summed E-state index contributed by atoms with van der Waals surface area (Å²) in [6.07, 6.45) is 0.519. The third-order valence-electron chi connectivity index (χ3n) is 8.97. The number of ether oxygens (including phenoxy) is 2. The number of hydrogen-bond donors (Lipinski definition) is 2. The molecular formula is C42H41N3O4. The summed E-state index contributed by atoms with van der Waals surface area (Å²) in [5.74, 6) is -0.0336. The van der Waals surface area contributed by atoms with Crippen LogP contribution in [0.2, 0.25) is 0 Å². The minimum Gasteiger partial charge on any atom is -0.449 e. The van der Waals surface area contributed by atoms with Crippen molar-refractivity contribution in [2.24, 2.45) is 0 Å². The topological polar surface area (TPSA) is 79.9 Å². The number of carbonyl (C=O) groups is 2. The predicted molar refractivity (Wildman–Crippen MR) is 193 cm³/mol. The highest BCUT2D eigenvalue weighted by Crippen LogP contribution is 2.44. The Morgan fingerprint density at radius 3 is 1.63 bits per heavy atom. The van der Waals surface area contributed by atoms with Crippen LogP contribution in [0.15, 0.2) is 152 Å². The molecule has 0 saturated carbocycles. The Balaban J connectivity index is 1.12. The van der Waals surface area contributed by atoms with Crippen molar-refractivity contribution in [3.63, 3.8) is 0 Å². The maximum atomic E-state index is 13.2. The molecule has 0 saturated heterocycles. The van der Waals surface area contributed by atoms with Crippen LogP contribution in [-0.4, -0.2) is 56.5 Å². The maximum absolute atomic E-state index is 13.2. The second-order valence-electron chi connectivity index (χ2n) is 11.9. The van der Waals surface area contributed by atoms with Gasteiger partial charge in [0.1, 0.15) is 13.2 Å². The van der Waals surface area contributed by atoms with Crippen LogP contribution in [0, 0.1) is 0 Å². The second-order valence-corrected chi connectivity index (χ2v) is 11.9. The van der Waals surface area contributed by atoms with Crippen LogP contribution in [0.3, 0.4) is 0 Å². The number of nitrogens with zero attached hydrogens (tertiary/aromatic N) is 1. The smallest absolute Gasteiger partial charge is 0.410 e. The Labute approximate surface area is 288 Å². The third-order valence-corrected chi connectivity index (χ3v) is 8.97. The Morgan fingerprint density at radius 1 is 0.653 bits per heavy atom. The van der Waals surface area contributed by atoms with E-state index in [4.69, 9.17) is 9.47 Å². The zero-order chi connectivity index (χ0) is 33.9. The first-order valence-electron chi connectivity index (χ1n) is 16.6. The van der Waals surface area contributed by atoms with Gasteiger partial charge < -0.3 is 19.7 Å². The number of carbonyl (C=O) groups excluding carboxylic acids is 2. The summed E-state index contributed by atoms with van der Waals surface area (Å²) in [4.78, 5) is 27.6. The first-order chi connectivity index (χ1) is 24.1. The number of benzene rings is 5. The third kappa shape index (κ3) is 7.42. The molecule has 0 spiro atoms.